The van der Waals surface area contributed by atoms with Gasteiger partial charge < -0.3 is 14.0 Å². The SMILES string of the molecule is COCC(=O)Cc1nc(C2(C)CCCO2)no1. The van der Waals surface area contributed by atoms with E-state index in [0.717, 1.165) is 12.8 Å². The Hall–Kier alpha value is -1.27. The summed E-state index contributed by atoms with van der Waals surface area (Å²) in [6, 6.07) is 0. The average Bonchev–Trinajstić information content (AvgIpc) is 2.88. The van der Waals surface area contributed by atoms with Crippen LogP contribution in [0.5, 0.6) is 0 Å². The van der Waals surface area contributed by atoms with Crippen molar-refractivity contribution in [2.75, 3.05) is 20.3 Å². The number of hydrogen-bond acceptors (Lipinski definition) is 6. The van der Waals surface area contributed by atoms with Crippen molar-refractivity contribution in [2.45, 2.75) is 31.8 Å². The van der Waals surface area contributed by atoms with Gasteiger partial charge in [0.05, 0.1) is 6.42 Å². The van der Waals surface area contributed by atoms with Crippen molar-refractivity contribution in [3.05, 3.63) is 11.7 Å². The molecule has 6 nitrogen and oxygen atoms in total. The molecule has 0 spiro atoms. The number of ketones is 1. The molecule has 1 aromatic heterocycles. The van der Waals surface area contributed by atoms with Crippen LogP contribution in [0.4, 0.5) is 0 Å². The van der Waals surface area contributed by atoms with Crippen LogP contribution in [0.3, 0.4) is 0 Å². The maximum Gasteiger partial charge on any atom is 0.234 e. The zero-order valence-electron chi connectivity index (χ0n) is 10.1. The van der Waals surface area contributed by atoms with Gasteiger partial charge in [-0.2, -0.15) is 4.98 Å². The highest BCUT2D eigenvalue weighted by Gasteiger charge is 2.36. The van der Waals surface area contributed by atoms with E-state index in [1.807, 2.05) is 6.92 Å². The number of ether oxygens (including phenoxy) is 2. The number of carbonyl (C=O) groups excluding carboxylic acids is 1. The minimum atomic E-state index is -0.466. The van der Waals surface area contributed by atoms with Crippen molar-refractivity contribution in [2.24, 2.45) is 0 Å². The summed E-state index contributed by atoms with van der Waals surface area (Å²) < 4.78 is 15.4. The Balaban J connectivity index is 2.03. The maximum atomic E-state index is 11.3. The number of hydrogen-bond donors (Lipinski definition) is 0. The largest absolute Gasteiger partial charge is 0.377 e. The lowest BCUT2D eigenvalue weighted by Gasteiger charge is -2.17. The zero-order valence-corrected chi connectivity index (χ0v) is 10.1. The van der Waals surface area contributed by atoms with Crippen LogP contribution < -0.4 is 0 Å². The molecular formula is C11H16N2O4. The Morgan fingerprint density at radius 2 is 2.41 bits per heavy atom. The van der Waals surface area contributed by atoms with Gasteiger partial charge in [-0.05, 0) is 19.8 Å². The lowest BCUT2D eigenvalue weighted by Crippen LogP contribution is -2.21. The molecule has 1 fully saturated rings. The van der Waals surface area contributed by atoms with Gasteiger partial charge in [0.25, 0.3) is 0 Å². The molecule has 1 aliphatic rings. The van der Waals surface area contributed by atoms with Gasteiger partial charge in [-0.25, -0.2) is 0 Å². The molecule has 0 aliphatic carbocycles. The van der Waals surface area contributed by atoms with Crippen LogP contribution in [0.1, 0.15) is 31.5 Å². The Bertz CT molecular complexity index is 396. The molecule has 1 unspecified atom stereocenters. The molecule has 2 heterocycles. The van der Waals surface area contributed by atoms with Gasteiger partial charge in [0.15, 0.2) is 5.78 Å². The van der Waals surface area contributed by atoms with E-state index in [2.05, 4.69) is 10.1 Å². The van der Waals surface area contributed by atoms with Gasteiger partial charge in [-0.3, -0.25) is 4.79 Å². The van der Waals surface area contributed by atoms with Crippen LogP contribution in [0.25, 0.3) is 0 Å². The number of methoxy groups -OCH3 is 1. The van der Waals surface area contributed by atoms with Crippen molar-refractivity contribution in [1.82, 2.24) is 10.1 Å². The normalized spacial score (nSPS) is 24.1. The summed E-state index contributed by atoms with van der Waals surface area (Å²) in [5.41, 5.74) is -0.466. The molecule has 0 N–H and O–H groups in total. The lowest BCUT2D eigenvalue weighted by atomic mass is 10.0. The van der Waals surface area contributed by atoms with Crippen molar-refractivity contribution in [3.8, 4) is 0 Å². The standard InChI is InChI=1S/C11H16N2O4/c1-11(4-3-5-16-11)10-12-9(17-13-10)6-8(14)7-15-2/h3-7H2,1-2H3. The smallest absolute Gasteiger partial charge is 0.234 e. The van der Waals surface area contributed by atoms with Crippen LogP contribution in [0, 0.1) is 0 Å². The summed E-state index contributed by atoms with van der Waals surface area (Å²) in [7, 11) is 1.48. The van der Waals surface area contributed by atoms with E-state index in [4.69, 9.17) is 14.0 Å². The molecule has 94 valence electrons. The quantitative estimate of drug-likeness (QED) is 0.759. The molecule has 17 heavy (non-hydrogen) atoms. The number of rotatable bonds is 5. The molecule has 0 bridgehead atoms. The molecule has 0 radical (unpaired) electrons. The van der Waals surface area contributed by atoms with E-state index in [9.17, 15) is 4.79 Å². The van der Waals surface area contributed by atoms with E-state index in [0.29, 0.717) is 18.3 Å². The first-order chi connectivity index (χ1) is 8.14. The highest BCUT2D eigenvalue weighted by molar-refractivity contribution is 5.81. The van der Waals surface area contributed by atoms with Crippen LogP contribution in [0.2, 0.25) is 0 Å². The predicted octanol–water partition coefficient (Wildman–Crippen LogP) is 0.853. The number of Topliss-reactive ketones (excluding diaryl/α,β-unsaturated/α-hetero) is 1. The van der Waals surface area contributed by atoms with Gasteiger partial charge >= 0.3 is 0 Å². The lowest BCUT2D eigenvalue weighted by molar-refractivity contribution is -0.122. The minimum absolute atomic E-state index is 0.0610. The van der Waals surface area contributed by atoms with Crippen LogP contribution in [-0.4, -0.2) is 36.2 Å². The summed E-state index contributed by atoms with van der Waals surface area (Å²) in [6.45, 7) is 2.71. The topological polar surface area (TPSA) is 74.5 Å². The summed E-state index contributed by atoms with van der Waals surface area (Å²) >= 11 is 0. The molecule has 0 saturated carbocycles. The summed E-state index contributed by atoms with van der Waals surface area (Å²) in [4.78, 5) is 15.5. The Labute approximate surface area is 99.3 Å². The molecule has 1 saturated heterocycles. The first-order valence-electron chi connectivity index (χ1n) is 5.62. The molecule has 1 aromatic rings. The fraction of sp³-hybridized carbons (Fsp3) is 0.727. The highest BCUT2D eigenvalue weighted by Crippen LogP contribution is 2.33. The Morgan fingerprint density at radius 3 is 3.06 bits per heavy atom. The van der Waals surface area contributed by atoms with Crippen molar-refractivity contribution < 1.29 is 18.8 Å². The molecule has 2 rings (SSSR count). The van der Waals surface area contributed by atoms with Crippen molar-refractivity contribution in [1.29, 1.82) is 0 Å². The zero-order chi connectivity index (χ0) is 12.3. The molecular weight excluding hydrogens is 224 g/mol. The fourth-order valence-corrected chi connectivity index (χ4v) is 1.88. The predicted molar refractivity (Wildman–Crippen MR) is 57.4 cm³/mol. The van der Waals surface area contributed by atoms with Gasteiger partial charge in [0, 0.05) is 13.7 Å². The average molecular weight is 240 g/mol. The van der Waals surface area contributed by atoms with Gasteiger partial charge in [-0.15, -0.1) is 0 Å². The van der Waals surface area contributed by atoms with Gasteiger partial charge in [-0.1, -0.05) is 5.16 Å². The summed E-state index contributed by atoms with van der Waals surface area (Å²) in [5.74, 6) is 0.759. The first kappa shape index (κ1) is 12.2. The summed E-state index contributed by atoms with van der Waals surface area (Å²) in [6.07, 6.45) is 1.97. The third-order valence-corrected chi connectivity index (χ3v) is 2.81. The second-order valence-electron chi connectivity index (χ2n) is 4.34. The van der Waals surface area contributed by atoms with Crippen LogP contribution in [0.15, 0.2) is 4.52 Å². The van der Waals surface area contributed by atoms with E-state index in [1.165, 1.54) is 7.11 Å². The fourth-order valence-electron chi connectivity index (χ4n) is 1.88. The minimum Gasteiger partial charge on any atom is -0.377 e. The number of nitrogens with zero attached hydrogens (tertiary/aromatic N) is 2. The van der Waals surface area contributed by atoms with E-state index in [1.54, 1.807) is 0 Å². The monoisotopic (exact) mass is 240 g/mol. The van der Waals surface area contributed by atoms with E-state index >= 15 is 0 Å². The molecule has 1 atom stereocenters. The van der Waals surface area contributed by atoms with Crippen molar-refractivity contribution in [3.63, 3.8) is 0 Å². The van der Waals surface area contributed by atoms with Crippen LogP contribution in [-0.2, 0) is 26.3 Å². The molecule has 1 aliphatic heterocycles. The van der Waals surface area contributed by atoms with Crippen LogP contribution >= 0.6 is 0 Å². The van der Waals surface area contributed by atoms with E-state index in [-0.39, 0.29) is 18.8 Å². The third-order valence-electron chi connectivity index (χ3n) is 2.81. The second-order valence-corrected chi connectivity index (χ2v) is 4.34. The maximum absolute atomic E-state index is 11.3. The molecule has 6 heteroatoms. The van der Waals surface area contributed by atoms with Crippen molar-refractivity contribution >= 4 is 5.78 Å². The highest BCUT2D eigenvalue weighted by atomic mass is 16.5. The summed E-state index contributed by atoms with van der Waals surface area (Å²) in [5, 5.41) is 3.88. The molecule has 0 aromatic carbocycles. The molecule has 0 amide bonds. The van der Waals surface area contributed by atoms with E-state index < -0.39 is 5.60 Å². The third kappa shape index (κ3) is 2.70. The number of aromatic nitrogens is 2. The van der Waals surface area contributed by atoms with Gasteiger partial charge in [0.1, 0.15) is 12.2 Å². The number of carbonyl (C=O) groups is 1. The first-order valence-corrected chi connectivity index (χ1v) is 5.62. The Kier molecular flexibility index (Phi) is 3.54. The Morgan fingerprint density at radius 1 is 1.59 bits per heavy atom. The van der Waals surface area contributed by atoms with Gasteiger partial charge in [0.2, 0.25) is 11.7 Å². The second kappa shape index (κ2) is 4.93.